The standard InChI is InChI=1S/C19H20Cl3NO4/c1-3-26-19(24)16(23)7-11-4-5-17(25-2)12(6-11)10-27-18-9-14(21)13(20)8-15(18)22/h4-6,8-9,16H,3,7,10,23H2,1-2H3. The minimum Gasteiger partial charge on any atom is -0.496 e. The maximum absolute atomic E-state index is 11.7. The van der Waals surface area contributed by atoms with Crippen LogP contribution >= 0.6 is 34.8 Å². The minimum atomic E-state index is -0.739. The van der Waals surface area contributed by atoms with Gasteiger partial charge < -0.3 is 19.9 Å². The fourth-order valence-electron chi connectivity index (χ4n) is 2.43. The van der Waals surface area contributed by atoms with E-state index in [2.05, 4.69) is 0 Å². The molecule has 0 spiro atoms. The van der Waals surface area contributed by atoms with Crippen LogP contribution in [0.25, 0.3) is 0 Å². The minimum absolute atomic E-state index is 0.184. The van der Waals surface area contributed by atoms with Gasteiger partial charge in [0.05, 0.1) is 28.8 Å². The molecule has 1 atom stereocenters. The van der Waals surface area contributed by atoms with Crippen molar-refractivity contribution < 1.29 is 19.0 Å². The lowest BCUT2D eigenvalue weighted by Crippen LogP contribution is -2.34. The van der Waals surface area contributed by atoms with Crippen LogP contribution in [0.15, 0.2) is 30.3 Å². The van der Waals surface area contributed by atoms with Crippen LogP contribution in [0.5, 0.6) is 11.5 Å². The molecule has 0 amide bonds. The van der Waals surface area contributed by atoms with Crippen LogP contribution in [-0.4, -0.2) is 25.7 Å². The Morgan fingerprint density at radius 2 is 1.78 bits per heavy atom. The summed E-state index contributed by atoms with van der Waals surface area (Å²) in [5.74, 6) is 0.607. The Morgan fingerprint density at radius 1 is 1.07 bits per heavy atom. The largest absolute Gasteiger partial charge is 0.496 e. The molecule has 1 unspecified atom stereocenters. The summed E-state index contributed by atoms with van der Waals surface area (Å²) in [6.45, 7) is 2.21. The summed E-state index contributed by atoms with van der Waals surface area (Å²) in [7, 11) is 1.56. The predicted octanol–water partition coefficient (Wildman–Crippen LogP) is 4.67. The Morgan fingerprint density at radius 3 is 2.44 bits per heavy atom. The van der Waals surface area contributed by atoms with Gasteiger partial charge in [0.25, 0.3) is 0 Å². The van der Waals surface area contributed by atoms with E-state index in [0.29, 0.717) is 39.6 Å². The van der Waals surface area contributed by atoms with Gasteiger partial charge in [-0.2, -0.15) is 0 Å². The van der Waals surface area contributed by atoms with Crippen molar-refractivity contribution in [3.63, 3.8) is 0 Å². The van der Waals surface area contributed by atoms with E-state index in [1.807, 2.05) is 12.1 Å². The van der Waals surface area contributed by atoms with Gasteiger partial charge in [-0.3, -0.25) is 4.79 Å². The zero-order valence-electron chi connectivity index (χ0n) is 14.9. The van der Waals surface area contributed by atoms with E-state index >= 15 is 0 Å². The molecule has 8 heteroatoms. The highest BCUT2D eigenvalue weighted by Crippen LogP contribution is 2.34. The first-order valence-corrected chi connectivity index (χ1v) is 9.34. The maximum Gasteiger partial charge on any atom is 0.323 e. The van der Waals surface area contributed by atoms with Gasteiger partial charge in [-0.25, -0.2) is 0 Å². The molecule has 0 saturated carbocycles. The molecule has 146 valence electrons. The first kappa shape index (κ1) is 21.6. The quantitative estimate of drug-likeness (QED) is 0.485. The molecule has 2 aromatic carbocycles. The molecule has 2 rings (SSSR count). The summed E-state index contributed by atoms with van der Waals surface area (Å²) in [6, 6.07) is 7.84. The number of carbonyl (C=O) groups excluding carboxylic acids is 1. The van der Waals surface area contributed by atoms with Crippen LogP contribution in [0.2, 0.25) is 15.1 Å². The predicted molar refractivity (Wildman–Crippen MR) is 107 cm³/mol. The molecule has 0 aliphatic carbocycles. The van der Waals surface area contributed by atoms with Gasteiger partial charge >= 0.3 is 5.97 Å². The van der Waals surface area contributed by atoms with Crippen molar-refractivity contribution in [2.24, 2.45) is 5.73 Å². The highest BCUT2D eigenvalue weighted by atomic mass is 35.5. The molecule has 0 aromatic heterocycles. The third-order valence-electron chi connectivity index (χ3n) is 3.75. The van der Waals surface area contributed by atoms with Gasteiger partial charge in [-0.15, -0.1) is 0 Å². The second kappa shape index (κ2) is 10.0. The molecule has 0 fully saturated rings. The molecule has 5 nitrogen and oxygen atoms in total. The topological polar surface area (TPSA) is 70.8 Å². The fourth-order valence-corrected chi connectivity index (χ4v) is 3.02. The lowest BCUT2D eigenvalue weighted by molar-refractivity contribution is -0.144. The Balaban J connectivity index is 2.16. The van der Waals surface area contributed by atoms with Crippen LogP contribution in [0.1, 0.15) is 18.1 Å². The number of benzene rings is 2. The van der Waals surface area contributed by atoms with E-state index in [-0.39, 0.29) is 6.61 Å². The lowest BCUT2D eigenvalue weighted by Gasteiger charge is -2.15. The van der Waals surface area contributed by atoms with E-state index in [9.17, 15) is 4.79 Å². The van der Waals surface area contributed by atoms with Crippen molar-refractivity contribution in [3.8, 4) is 11.5 Å². The molecule has 0 radical (unpaired) electrons. The first-order chi connectivity index (χ1) is 12.8. The zero-order valence-corrected chi connectivity index (χ0v) is 17.2. The SMILES string of the molecule is CCOC(=O)C(N)Cc1ccc(OC)c(COc2cc(Cl)c(Cl)cc2Cl)c1. The molecule has 0 aliphatic rings. The molecular formula is C19H20Cl3NO4. The van der Waals surface area contributed by atoms with Crippen molar-refractivity contribution in [1.82, 2.24) is 0 Å². The first-order valence-electron chi connectivity index (χ1n) is 8.21. The van der Waals surface area contributed by atoms with Gasteiger partial charge in [0, 0.05) is 11.6 Å². The van der Waals surface area contributed by atoms with Gasteiger partial charge in [-0.1, -0.05) is 40.9 Å². The maximum atomic E-state index is 11.7. The Kier molecular flexibility index (Phi) is 8.05. The molecular weight excluding hydrogens is 413 g/mol. The average molecular weight is 433 g/mol. The number of rotatable bonds is 8. The zero-order chi connectivity index (χ0) is 20.0. The second-order valence-electron chi connectivity index (χ2n) is 5.69. The molecule has 0 aliphatic heterocycles. The Hall–Kier alpha value is -1.66. The third-order valence-corrected chi connectivity index (χ3v) is 4.77. The summed E-state index contributed by atoms with van der Waals surface area (Å²) < 4.78 is 16.1. The molecule has 27 heavy (non-hydrogen) atoms. The van der Waals surface area contributed by atoms with Gasteiger partial charge in [0.2, 0.25) is 0 Å². The van der Waals surface area contributed by atoms with Crippen molar-refractivity contribution >= 4 is 40.8 Å². The summed E-state index contributed by atoms with van der Waals surface area (Å²) in [5, 5.41) is 1.04. The number of nitrogens with two attached hydrogens (primary N) is 1. The van der Waals surface area contributed by atoms with E-state index in [0.717, 1.165) is 11.1 Å². The van der Waals surface area contributed by atoms with Gasteiger partial charge in [0.1, 0.15) is 24.1 Å². The average Bonchev–Trinajstić information content (AvgIpc) is 2.64. The molecule has 0 bridgehead atoms. The highest BCUT2D eigenvalue weighted by Gasteiger charge is 2.16. The Bertz CT molecular complexity index is 814. The van der Waals surface area contributed by atoms with E-state index < -0.39 is 12.0 Å². The molecule has 2 aromatic rings. The van der Waals surface area contributed by atoms with Crippen LogP contribution < -0.4 is 15.2 Å². The summed E-state index contributed by atoms with van der Waals surface area (Å²) in [5.41, 5.74) is 7.52. The number of hydrogen-bond acceptors (Lipinski definition) is 5. The number of halogens is 3. The van der Waals surface area contributed by atoms with Crippen LogP contribution in [0.4, 0.5) is 0 Å². The molecule has 0 saturated heterocycles. The summed E-state index contributed by atoms with van der Waals surface area (Å²) >= 11 is 18.1. The summed E-state index contributed by atoms with van der Waals surface area (Å²) in [4.78, 5) is 11.7. The Labute approximate surface area is 173 Å². The van der Waals surface area contributed by atoms with Crippen molar-refractivity contribution in [2.75, 3.05) is 13.7 Å². The van der Waals surface area contributed by atoms with E-state index in [1.54, 1.807) is 26.2 Å². The third kappa shape index (κ3) is 5.91. The summed E-state index contributed by atoms with van der Waals surface area (Å²) in [6.07, 6.45) is 0.337. The number of ether oxygens (including phenoxy) is 3. The van der Waals surface area contributed by atoms with Crippen LogP contribution in [0.3, 0.4) is 0 Å². The molecule has 0 heterocycles. The number of carbonyl (C=O) groups is 1. The lowest BCUT2D eigenvalue weighted by atomic mass is 10.0. The van der Waals surface area contributed by atoms with Gasteiger partial charge in [-0.05, 0) is 37.1 Å². The fraction of sp³-hybridized carbons (Fsp3) is 0.316. The van der Waals surface area contributed by atoms with E-state index in [4.69, 9.17) is 54.7 Å². The smallest absolute Gasteiger partial charge is 0.323 e. The highest BCUT2D eigenvalue weighted by molar-refractivity contribution is 6.43. The van der Waals surface area contributed by atoms with Crippen molar-refractivity contribution in [2.45, 2.75) is 26.0 Å². The monoisotopic (exact) mass is 431 g/mol. The second-order valence-corrected chi connectivity index (χ2v) is 6.92. The van der Waals surface area contributed by atoms with Crippen LogP contribution in [-0.2, 0) is 22.6 Å². The number of esters is 1. The number of methoxy groups -OCH3 is 1. The number of hydrogen-bond donors (Lipinski definition) is 1. The normalized spacial score (nSPS) is 11.8. The molecule has 2 N–H and O–H groups in total. The van der Waals surface area contributed by atoms with Crippen LogP contribution in [0, 0.1) is 0 Å². The van der Waals surface area contributed by atoms with Crippen molar-refractivity contribution in [1.29, 1.82) is 0 Å². The van der Waals surface area contributed by atoms with Crippen molar-refractivity contribution in [3.05, 3.63) is 56.5 Å². The van der Waals surface area contributed by atoms with E-state index in [1.165, 1.54) is 6.07 Å². The van der Waals surface area contributed by atoms with Gasteiger partial charge in [0.15, 0.2) is 0 Å².